The largest absolute Gasteiger partial charge is 0.481 e. The van der Waals surface area contributed by atoms with Crippen LogP contribution in [0, 0.1) is 17.1 Å². The number of pyridine rings is 1. The van der Waals surface area contributed by atoms with Gasteiger partial charge in [-0.25, -0.2) is 14.4 Å². The quantitative estimate of drug-likeness (QED) is 0.233. The maximum atomic E-state index is 14.7. The van der Waals surface area contributed by atoms with Crippen LogP contribution in [0.3, 0.4) is 0 Å². The summed E-state index contributed by atoms with van der Waals surface area (Å²) in [5.41, 5.74) is 7.02. The Labute approximate surface area is 207 Å². The van der Waals surface area contributed by atoms with Crippen molar-refractivity contribution in [3.8, 4) is 17.3 Å². The molecule has 2 heterocycles. The van der Waals surface area contributed by atoms with E-state index >= 15 is 0 Å². The summed E-state index contributed by atoms with van der Waals surface area (Å²) < 4.78 is 14.7. The van der Waals surface area contributed by atoms with E-state index in [1.165, 1.54) is 30.5 Å². The van der Waals surface area contributed by atoms with Gasteiger partial charge in [0, 0.05) is 16.7 Å². The van der Waals surface area contributed by atoms with E-state index in [2.05, 4.69) is 25.0 Å². The number of hydrazone groups is 1. The maximum absolute atomic E-state index is 14.7. The number of nitrogens with two attached hydrogens (primary N) is 2. The molecule has 36 heavy (non-hydrogen) atoms. The highest BCUT2D eigenvalue weighted by Crippen LogP contribution is 2.30. The first-order valence-corrected chi connectivity index (χ1v) is 11.0. The van der Waals surface area contributed by atoms with E-state index in [1.807, 2.05) is 19.9 Å². The molecule has 5 N–H and O–H groups in total. The number of carbonyl (C=O) groups is 1. The van der Waals surface area contributed by atoms with Gasteiger partial charge in [-0.2, -0.15) is 10.4 Å². The number of aliphatic carboxylic acids is 1. The summed E-state index contributed by atoms with van der Waals surface area (Å²) in [5, 5.41) is 22.1. The number of nitrogens with zero attached hydrogens (tertiary/aromatic N) is 6. The molecule has 0 radical (unpaired) electrons. The van der Waals surface area contributed by atoms with E-state index in [0.29, 0.717) is 17.8 Å². The lowest BCUT2D eigenvalue weighted by Crippen LogP contribution is -2.26. The minimum absolute atomic E-state index is 0.0391. The van der Waals surface area contributed by atoms with Crippen LogP contribution in [0.1, 0.15) is 49.3 Å². The van der Waals surface area contributed by atoms with Crippen LogP contribution in [-0.2, 0) is 16.8 Å². The van der Waals surface area contributed by atoms with E-state index < -0.39 is 17.2 Å². The molecule has 1 aromatic carbocycles. The van der Waals surface area contributed by atoms with Crippen molar-refractivity contribution < 1.29 is 14.3 Å². The van der Waals surface area contributed by atoms with Gasteiger partial charge in [0.05, 0.1) is 41.8 Å². The second-order valence-electron chi connectivity index (χ2n) is 8.26. The van der Waals surface area contributed by atoms with Crippen molar-refractivity contribution in [2.45, 2.75) is 38.6 Å². The van der Waals surface area contributed by atoms with Crippen molar-refractivity contribution in [1.82, 2.24) is 15.0 Å². The summed E-state index contributed by atoms with van der Waals surface area (Å²) in [5.74, 6) is 3.80. The van der Waals surface area contributed by atoms with Gasteiger partial charge >= 0.3 is 5.97 Å². The van der Waals surface area contributed by atoms with E-state index in [-0.39, 0.29) is 47.1 Å². The van der Waals surface area contributed by atoms with Crippen LogP contribution in [0.2, 0.25) is 0 Å². The SMILES string of the molecule is CCC(C)(CC(=O)O)c1cccc(CN=CC(=NN)c2cc(-c3cccc(C#N)c3F)nc(N)n2)n1. The fraction of sp³-hybridized carbons (Fsp3) is 0.240. The van der Waals surface area contributed by atoms with Crippen LogP contribution >= 0.6 is 0 Å². The molecule has 184 valence electrons. The zero-order valence-electron chi connectivity index (χ0n) is 19.8. The third kappa shape index (κ3) is 5.85. The Hall–Kier alpha value is -4.72. The molecule has 10 nitrogen and oxygen atoms in total. The monoisotopic (exact) mass is 488 g/mol. The Balaban J connectivity index is 1.86. The molecule has 0 saturated heterocycles. The zero-order chi connectivity index (χ0) is 26.3. The first-order chi connectivity index (χ1) is 17.2. The standard InChI is InChI=1S/C25H25FN8O2/c1-3-25(2,11-22(35)36)21-9-5-7-16(31-21)13-30-14-20(34-29)19-10-18(32-24(28)33-19)17-8-4-6-15(12-27)23(17)26/h4-10,14H,3,11,13,29H2,1-2H3,(H,35,36)(H2,28,32,33). The van der Waals surface area contributed by atoms with Crippen molar-refractivity contribution in [2.24, 2.45) is 15.9 Å². The molecule has 3 rings (SSSR count). The number of anilines is 1. The number of rotatable bonds is 9. The molecule has 0 aliphatic carbocycles. The molecule has 11 heteroatoms. The van der Waals surface area contributed by atoms with E-state index in [0.717, 1.165) is 0 Å². The number of benzene rings is 1. The fourth-order valence-corrected chi connectivity index (χ4v) is 3.58. The number of nitrogen functional groups attached to an aromatic ring is 1. The predicted molar refractivity (Wildman–Crippen MR) is 134 cm³/mol. The molecule has 0 spiro atoms. The van der Waals surface area contributed by atoms with Gasteiger partial charge < -0.3 is 16.7 Å². The summed E-state index contributed by atoms with van der Waals surface area (Å²) in [6, 6.07) is 13.0. The Bertz CT molecular complexity index is 1380. The normalized spacial score (nSPS) is 13.3. The molecule has 0 aliphatic rings. The van der Waals surface area contributed by atoms with Gasteiger partial charge in [0.2, 0.25) is 5.95 Å². The number of hydrogen-bond acceptors (Lipinski definition) is 9. The summed E-state index contributed by atoms with van der Waals surface area (Å²) >= 11 is 0. The topological polar surface area (TPSA) is 177 Å². The van der Waals surface area contributed by atoms with Crippen LogP contribution in [0.15, 0.2) is 52.6 Å². The van der Waals surface area contributed by atoms with Gasteiger partial charge in [-0.1, -0.05) is 26.0 Å². The number of carboxylic acid groups (broad SMARTS) is 1. The molecule has 0 amide bonds. The van der Waals surface area contributed by atoms with Crippen molar-refractivity contribution >= 4 is 23.8 Å². The Morgan fingerprint density at radius 2 is 2.00 bits per heavy atom. The highest BCUT2D eigenvalue weighted by Gasteiger charge is 2.29. The summed E-state index contributed by atoms with van der Waals surface area (Å²) in [4.78, 5) is 28.4. The average Bonchev–Trinajstić information content (AvgIpc) is 2.86. The number of halogens is 1. The van der Waals surface area contributed by atoms with Crippen LogP contribution in [0.25, 0.3) is 11.3 Å². The van der Waals surface area contributed by atoms with Crippen LogP contribution in [0.5, 0.6) is 0 Å². The first kappa shape index (κ1) is 25.9. The number of aliphatic imine (C=N–C) groups is 1. The van der Waals surface area contributed by atoms with Crippen LogP contribution < -0.4 is 11.6 Å². The lowest BCUT2D eigenvalue weighted by Gasteiger charge is -2.26. The summed E-state index contributed by atoms with van der Waals surface area (Å²) in [6.45, 7) is 3.96. The predicted octanol–water partition coefficient (Wildman–Crippen LogP) is 3.21. The van der Waals surface area contributed by atoms with Gasteiger partial charge in [-0.3, -0.25) is 14.8 Å². The highest BCUT2D eigenvalue weighted by atomic mass is 19.1. The fourth-order valence-electron chi connectivity index (χ4n) is 3.58. The smallest absolute Gasteiger partial charge is 0.304 e. The Kier molecular flexibility index (Phi) is 8.01. The first-order valence-electron chi connectivity index (χ1n) is 11.0. The maximum Gasteiger partial charge on any atom is 0.304 e. The molecule has 0 aliphatic heterocycles. The van der Waals surface area contributed by atoms with Gasteiger partial charge in [-0.05, 0) is 36.8 Å². The lowest BCUT2D eigenvalue weighted by atomic mass is 9.80. The van der Waals surface area contributed by atoms with E-state index in [4.69, 9.17) is 16.8 Å². The lowest BCUT2D eigenvalue weighted by molar-refractivity contribution is -0.138. The van der Waals surface area contributed by atoms with E-state index in [9.17, 15) is 14.3 Å². The molecule has 0 fully saturated rings. The number of aromatic nitrogens is 3. The number of carboxylic acids is 1. The van der Waals surface area contributed by atoms with Crippen LogP contribution in [-0.4, -0.2) is 38.0 Å². The van der Waals surface area contributed by atoms with Crippen molar-refractivity contribution in [3.63, 3.8) is 0 Å². The number of nitriles is 1. The van der Waals surface area contributed by atoms with Crippen molar-refractivity contribution in [2.75, 3.05) is 5.73 Å². The average molecular weight is 489 g/mol. The van der Waals surface area contributed by atoms with Gasteiger partial charge in [0.1, 0.15) is 17.6 Å². The minimum atomic E-state index is -0.893. The summed E-state index contributed by atoms with van der Waals surface area (Å²) in [7, 11) is 0. The Morgan fingerprint density at radius 3 is 2.67 bits per heavy atom. The van der Waals surface area contributed by atoms with E-state index in [1.54, 1.807) is 18.2 Å². The second kappa shape index (κ2) is 11.1. The molecule has 1 atom stereocenters. The molecule has 2 aromatic heterocycles. The van der Waals surface area contributed by atoms with Gasteiger partial charge in [0.25, 0.3) is 0 Å². The number of hydrogen-bond donors (Lipinski definition) is 3. The van der Waals surface area contributed by atoms with Crippen LogP contribution in [0.4, 0.5) is 10.3 Å². The minimum Gasteiger partial charge on any atom is -0.481 e. The zero-order valence-corrected chi connectivity index (χ0v) is 19.8. The molecule has 0 bridgehead atoms. The summed E-state index contributed by atoms with van der Waals surface area (Å²) in [6.07, 6.45) is 1.96. The molecular weight excluding hydrogens is 463 g/mol. The van der Waals surface area contributed by atoms with Crippen molar-refractivity contribution in [3.05, 3.63) is 70.9 Å². The highest BCUT2D eigenvalue weighted by molar-refractivity contribution is 6.37. The Morgan fingerprint density at radius 1 is 1.25 bits per heavy atom. The third-order valence-corrected chi connectivity index (χ3v) is 5.75. The van der Waals surface area contributed by atoms with Gasteiger partial charge in [0.15, 0.2) is 0 Å². The molecule has 0 saturated carbocycles. The molecule has 1 unspecified atom stereocenters. The second-order valence-corrected chi connectivity index (χ2v) is 8.26. The molecular formula is C25H25FN8O2. The van der Waals surface area contributed by atoms with Crippen molar-refractivity contribution in [1.29, 1.82) is 5.26 Å². The third-order valence-electron chi connectivity index (χ3n) is 5.75. The van der Waals surface area contributed by atoms with Gasteiger partial charge in [-0.15, -0.1) is 0 Å². The molecule has 3 aromatic rings.